The Bertz CT molecular complexity index is 4240. The molecular weight excluding hydrogens is 1900 g/mol. The molecule has 2 aromatic carbocycles. The molecule has 0 spiro atoms. The predicted octanol–water partition coefficient (Wildman–Crippen LogP) is 10.6. The number of para-hydroxylation sites is 2. The average Bonchev–Trinajstić information content (AvgIpc) is 1.60. The molecule has 0 aromatic heterocycles. The number of aliphatic hydroxyl groups is 5. The third kappa shape index (κ3) is 28.2. The molecule has 0 radical (unpaired) electrons. The number of carbonyl (C=O) groups excluding carboxylic acids is 10. The molecule has 4 fully saturated rings. The number of aliphatic hydroxyl groups excluding tert-OH is 5. The maximum Gasteiger partial charge on any atom is 0.428 e. The normalized spacial score (nSPS) is 31.1. The number of rotatable bonds is 22. The molecule has 46 heteroatoms. The molecular formula is C78H91Cl4F8IN6O25P2. The van der Waals surface area contributed by atoms with Crippen LogP contribution >= 0.6 is 81.7 Å². The van der Waals surface area contributed by atoms with E-state index in [9.17, 15) is 93.6 Å². The third-order valence-corrected chi connectivity index (χ3v) is 21.5. The topological polar surface area (TPSA) is 431 Å². The lowest BCUT2D eigenvalue weighted by molar-refractivity contribution is -0.213. The van der Waals surface area contributed by atoms with E-state index in [1.807, 2.05) is 0 Å². The number of ketones is 4. The van der Waals surface area contributed by atoms with Crippen LogP contribution in [0.1, 0.15) is 81.1 Å². The first-order valence-electron chi connectivity index (χ1n) is 36.3. The molecule has 8 N–H and O–H groups in total. The molecule has 1 unspecified atom stereocenters. The zero-order chi connectivity index (χ0) is 93.6. The van der Waals surface area contributed by atoms with E-state index in [2.05, 4.69) is 58.9 Å². The number of nitrogens with one attached hydrogen (secondary N) is 1. The number of alkyl halides is 9. The van der Waals surface area contributed by atoms with Crippen LogP contribution in [0.2, 0.25) is 0 Å². The Morgan fingerprint density at radius 1 is 0.516 bits per heavy atom. The minimum absolute atomic E-state index is 0. The number of hydrogen-bond acceptors (Lipinski definition) is 26. The van der Waals surface area contributed by atoms with Gasteiger partial charge in [0.2, 0.25) is 46.7 Å². The summed E-state index contributed by atoms with van der Waals surface area (Å²) >= 11 is 17.9. The average molecular weight is 2000 g/mol. The van der Waals surface area contributed by atoms with Crippen LogP contribution in [0.15, 0.2) is 183 Å². The van der Waals surface area contributed by atoms with Crippen molar-refractivity contribution in [2.24, 2.45) is 17.6 Å². The molecule has 31 nitrogen and oxygen atoms in total. The quantitative estimate of drug-likeness (QED) is 0.0109. The summed E-state index contributed by atoms with van der Waals surface area (Å²) in [5.41, 5.74) is 3.42. The van der Waals surface area contributed by atoms with Gasteiger partial charge in [-0.15, -0.1) is 35.3 Å². The Morgan fingerprint density at radius 2 is 0.790 bits per heavy atom. The van der Waals surface area contributed by atoms with Crippen molar-refractivity contribution in [1.82, 2.24) is 24.7 Å². The van der Waals surface area contributed by atoms with Gasteiger partial charge in [-0.3, -0.25) is 67.5 Å². The van der Waals surface area contributed by atoms with Crippen LogP contribution in [0.3, 0.4) is 0 Å². The zero-order valence-electron chi connectivity index (χ0n) is 67.2. The lowest BCUT2D eigenvalue weighted by Gasteiger charge is -2.33. The minimum atomic E-state index is -3.65. The third-order valence-electron chi connectivity index (χ3n) is 18.0. The molecule has 8 aliphatic rings. The van der Waals surface area contributed by atoms with Crippen LogP contribution < -0.4 is 19.9 Å². The number of allylic oxidation sites excluding steroid dienone is 4. The fourth-order valence-electron chi connectivity index (χ4n) is 11.6. The molecule has 0 aliphatic carbocycles. The van der Waals surface area contributed by atoms with Gasteiger partial charge >= 0.3 is 24.9 Å². The van der Waals surface area contributed by atoms with Gasteiger partial charge in [0, 0.05) is 70.7 Å². The van der Waals surface area contributed by atoms with Gasteiger partial charge in [0.25, 0.3) is 11.7 Å². The van der Waals surface area contributed by atoms with Crippen LogP contribution in [0.5, 0.6) is 11.5 Å². The van der Waals surface area contributed by atoms with Crippen molar-refractivity contribution in [3.05, 3.63) is 183 Å². The predicted molar refractivity (Wildman–Crippen MR) is 441 cm³/mol. The fraction of sp³-hybridized carbons (Fsp3) is 0.462. The van der Waals surface area contributed by atoms with Crippen LogP contribution in [0.25, 0.3) is 0 Å². The Morgan fingerprint density at radius 3 is 1.06 bits per heavy atom. The molecule has 8 heterocycles. The Labute approximate surface area is 741 Å². The summed E-state index contributed by atoms with van der Waals surface area (Å²) in [7, 11) is 0. The molecule has 0 bridgehead atoms. The molecule has 124 heavy (non-hydrogen) atoms. The second kappa shape index (κ2) is 46.6. The van der Waals surface area contributed by atoms with Crippen molar-refractivity contribution in [3.63, 3.8) is 0 Å². The molecule has 4 saturated heterocycles. The molecule has 19 atom stereocenters. The highest BCUT2D eigenvalue weighted by Crippen LogP contribution is 2.57. The van der Waals surface area contributed by atoms with Gasteiger partial charge < -0.3 is 68.7 Å². The maximum absolute atomic E-state index is 15.3. The second-order valence-electron chi connectivity index (χ2n) is 27.9. The van der Waals surface area contributed by atoms with Gasteiger partial charge in [-0.1, -0.05) is 99.2 Å². The fourth-order valence-corrected chi connectivity index (χ4v) is 15.0. The van der Waals surface area contributed by atoms with Crippen molar-refractivity contribution in [1.29, 1.82) is 0 Å². The summed E-state index contributed by atoms with van der Waals surface area (Å²) in [4.78, 5) is 117. The van der Waals surface area contributed by atoms with Crippen LogP contribution in [-0.2, 0) is 85.5 Å². The van der Waals surface area contributed by atoms with Crippen molar-refractivity contribution < 1.29 is 155 Å². The van der Waals surface area contributed by atoms with E-state index in [1.54, 1.807) is 118 Å². The number of halogens is 13. The van der Waals surface area contributed by atoms with E-state index in [0.29, 0.717) is 33.5 Å². The number of carbonyl (C=O) groups is 10. The summed E-state index contributed by atoms with van der Waals surface area (Å²) in [6.45, 7) is 18.2. The molecule has 684 valence electrons. The van der Waals surface area contributed by atoms with Crippen molar-refractivity contribution in [3.8, 4) is 11.5 Å². The maximum atomic E-state index is 15.3. The smallest absolute Gasteiger partial charge is 0.428 e. The molecule has 4 amide bonds. The van der Waals surface area contributed by atoms with E-state index >= 15 is 8.78 Å². The van der Waals surface area contributed by atoms with Gasteiger partial charge in [0.1, 0.15) is 43.4 Å². The standard InChI is InChI=1S/C14H14F2INO3.C14H15F2NO4.2C13H13F2NO5.C12H17ClNO4P.C6H5Cl2O2P.C6H13NO2.ClH/c1-3-5-13(15)9(2)14(16,8-17)21-12(13)18-6-4-10(19)7-11(18)20;1-3-5-13(15)9(2)14(16,8-18)21-12(13)17-6-4-10(19)7-11(17)20;2*1-2-4-12(14)10(20)13(15,7-17)21-11(12)16-5-3-8(18)6-9(16)19;1-9(2)17-12(15)10(3)14-19(13,16)18-11-7-5-4-6-8-11;7-11(8,9)10-6-4-2-1-3-5-6;1-4(2)9-6(8)5(3)7;/h4-6,9,12H,1,7-8H2,2H3;4-6,9,12,18H,1,7-8H2,2H3;2*3-5,10-11,17,20H,1,6-7H2;4-10H,1-3H3,(H,14,16);1-5H;4-5H,7H2,1-3H3;1H/t2*9-,12+,13+,14+;2*10-,11+,12+,13+;10-,19?;;5-;/m00000.0./s1. The molecule has 10 rings (SSSR count). The lowest BCUT2D eigenvalue weighted by Crippen LogP contribution is -2.52. The SMILES string of the molecule is C=C=C[C@]1(F)[C@H](N2C=CC(=O)CC2=O)O[C@](F)(CI)[C@H]1C.C=C=C[C@]1(F)[C@H](N2C=CC(=O)CC2=O)O[C@](F)(CO)[C@H]1C.C=C=C[C@]1(F)[C@H](N2C=CC(=O)CC2=O)O[C@](F)(CO)[C@H]1O.C=C=C[C@]1(F)[C@H](N2C=CC(=O)CC2=O)O[C@](F)(CO)[C@H]1O.CC(C)OC(=O)[C@H](C)N.CC(C)OC(=O)[C@H](C)NP(=O)(Cl)Oc1ccccc1.Cl.O=P(Cl)(Cl)Oc1ccccc1. The van der Waals surface area contributed by atoms with Crippen LogP contribution in [0, 0.1) is 11.8 Å². The Hall–Kier alpha value is -8.07. The summed E-state index contributed by atoms with van der Waals surface area (Å²) in [6.07, 6.45) is -5.93. The number of nitrogens with two attached hydrogens (primary N) is 1. The summed E-state index contributed by atoms with van der Waals surface area (Å²) < 4.78 is 180. The van der Waals surface area contributed by atoms with E-state index in [4.69, 9.17) is 87.7 Å². The van der Waals surface area contributed by atoms with Gasteiger partial charge in [-0.25, -0.2) is 49.3 Å². The molecule has 8 aliphatic heterocycles. The van der Waals surface area contributed by atoms with Crippen molar-refractivity contribution >= 4 is 140 Å². The first-order valence-corrected chi connectivity index (χ1v) is 43.8. The van der Waals surface area contributed by atoms with E-state index in [-0.39, 0.29) is 47.2 Å². The largest absolute Gasteiger partial charge is 0.462 e. The molecule has 2 aromatic rings. The highest BCUT2D eigenvalue weighted by molar-refractivity contribution is 14.1. The van der Waals surface area contributed by atoms with Gasteiger partial charge in [0.15, 0.2) is 71.6 Å². The summed E-state index contributed by atoms with van der Waals surface area (Å²) in [6, 6.07) is 15.7. The van der Waals surface area contributed by atoms with Gasteiger partial charge in [-0.2, -0.15) is 0 Å². The van der Waals surface area contributed by atoms with Crippen LogP contribution in [0.4, 0.5) is 35.1 Å². The number of nitrogens with zero attached hydrogens (tertiary/aromatic N) is 4. The van der Waals surface area contributed by atoms with Crippen molar-refractivity contribution in [2.75, 3.05) is 24.2 Å². The number of benzene rings is 2. The van der Waals surface area contributed by atoms with Crippen LogP contribution in [-0.4, -0.2) is 236 Å². The number of amides is 4. The van der Waals surface area contributed by atoms with E-state index in [1.165, 1.54) is 20.8 Å². The van der Waals surface area contributed by atoms with E-state index < -0.39 is 206 Å². The summed E-state index contributed by atoms with van der Waals surface area (Å²) in [5, 5.41) is 49.0. The monoisotopic (exact) mass is 1990 g/mol. The Kier molecular flexibility index (Phi) is 41.4. The zero-order valence-corrected chi connectivity index (χ0v) is 74.3. The highest BCUT2D eigenvalue weighted by Gasteiger charge is 2.70. The first-order chi connectivity index (χ1) is 57.0. The second-order valence-corrected chi connectivity index (χ2v) is 35.6. The van der Waals surface area contributed by atoms with E-state index in [0.717, 1.165) is 71.1 Å². The van der Waals surface area contributed by atoms with Crippen molar-refractivity contribution in [2.45, 2.75) is 189 Å². The number of esters is 2. The number of hydrogen-bond donors (Lipinski definition) is 7. The Balaban J connectivity index is 0.000000379. The van der Waals surface area contributed by atoms with Gasteiger partial charge in [-0.05, 0) is 102 Å². The molecule has 0 saturated carbocycles. The van der Waals surface area contributed by atoms with Gasteiger partial charge in [0.05, 0.1) is 54.2 Å². The first kappa shape index (κ1) is 110. The number of ether oxygens (including phenoxy) is 6. The highest BCUT2D eigenvalue weighted by atomic mass is 127. The lowest BCUT2D eigenvalue weighted by atomic mass is 9.86. The minimum Gasteiger partial charge on any atom is -0.462 e. The summed E-state index contributed by atoms with van der Waals surface area (Å²) in [5.74, 6) is -18.5.